The predicted octanol–water partition coefficient (Wildman–Crippen LogP) is 2.11. The van der Waals surface area contributed by atoms with E-state index in [2.05, 4.69) is 14.7 Å². The van der Waals surface area contributed by atoms with Crippen molar-refractivity contribution in [2.75, 3.05) is 12.9 Å². The van der Waals surface area contributed by atoms with Gasteiger partial charge >= 0.3 is 5.97 Å². The third kappa shape index (κ3) is 4.94. The summed E-state index contributed by atoms with van der Waals surface area (Å²) in [5, 5.41) is 0.635. The zero-order valence-electron chi connectivity index (χ0n) is 12.2. The summed E-state index contributed by atoms with van der Waals surface area (Å²) in [5.41, 5.74) is 0.301. The van der Waals surface area contributed by atoms with Gasteiger partial charge in [0.1, 0.15) is 0 Å². The van der Waals surface area contributed by atoms with Crippen molar-refractivity contribution in [3.05, 3.63) is 57.0 Å². The van der Waals surface area contributed by atoms with E-state index in [0.717, 1.165) is 11.8 Å². The van der Waals surface area contributed by atoms with Gasteiger partial charge in [-0.1, -0.05) is 35.5 Å². The van der Waals surface area contributed by atoms with Crippen LogP contribution in [-0.4, -0.2) is 34.6 Å². The number of ether oxygens (including phenoxy) is 1. The first-order valence-electron chi connectivity index (χ1n) is 6.57. The average Bonchev–Trinajstić information content (AvgIpc) is 2.52. The summed E-state index contributed by atoms with van der Waals surface area (Å²) in [6.07, 6.45) is -0.105. The molecule has 1 heterocycles. The standard InChI is InChI=1S/C15H13ClN2O4S/c1-22-14(21)7-9-6-13(20)18-15(17-9)23-8-12(19)10-4-2-3-5-11(10)16/h2-6H,7-8H2,1H3,(H,17,18,20). The third-order valence-electron chi connectivity index (χ3n) is 2.84. The van der Waals surface area contributed by atoms with Crippen LogP contribution < -0.4 is 5.56 Å². The van der Waals surface area contributed by atoms with E-state index in [1.54, 1.807) is 24.3 Å². The Bertz CT molecular complexity index is 791. The minimum atomic E-state index is -0.494. The maximum Gasteiger partial charge on any atom is 0.311 e. The van der Waals surface area contributed by atoms with E-state index >= 15 is 0 Å². The van der Waals surface area contributed by atoms with Crippen molar-refractivity contribution in [3.8, 4) is 0 Å². The molecule has 0 saturated carbocycles. The summed E-state index contributed by atoms with van der Waals surface area (Å²) in [4.78, 5) is 41.6. The molecule has 0 aliphatic rings. The minimum Gasteiger partial charge on any atom is -0.469 e. The van der Waals surface area contributed by atoms with Crippen LogP contribution in [0, 0.1) is 0 Å². The highest BCUT2D eigenvalue weighted by Gasteiger charge is 2.12. The number of nitrogens with one attached hydrogen (secondary N) is 1. The van der Waals surface area contributed by atoms with Crippen LogP contribution in [0.1, 0.15) is 16.1 Å². The van der Waals surface area contributed by atoms with Crippen LogP contribution in [0.15, 0.2) is 40.3 Å². The van der Waals surface area contributed by atoms with Crippen molar-refractivity contribution < 1.29 is 14.3 Å². The van der Waals surface area contributed by atoms with Gasteiger partial charge in [0.2, 0.25) is 0 Å². The van der Waals surface area contributed by atoms with E-state index in [1.165, 1.54) is 13.2 Å². The van der Waals surface area contributed by atoms with Gasteiger partial charge < -0.3 is 9.72 Å². The number of hydrogen-bond acceptors (Lipinski definition) is 6. The lowest BCUT2D eigenvalue weighted by Crippen LogP contribution is -2.14. The van der Waals surface area contributed by atoms with Crippen LogP contribution in [0.3, 0.4) is 0 Å². The molecule has 2 aromatic rings. The monoisotopic (exact) mass is 352 g/mol. The Morgan fingerprint density at radius 1 is 1.35 bits per heavy atom. The Labute approximate surface area is 141 Å². The number of thioether (sulfide) groups is 1. The largest absolute Gasteiger partial charge is 0.469 e. The van der Waals surface area contributed by atoms with E-state index in [4.69, 9.17) is 11.6 Å². The van der Waals surface area contributed by atoms with Gasteiger partial charge in [-0.25, -0.2) is 4.98 Å². The molecule has 120 valence electrons. The number of aromatic amines is 1. The second-order valence-electron chi connectivity index (χ2n) is 4.49. The van der Waals surface area contributed by atoms with Gasteiger partial charge in [-0.2, -0.15) is 0 Å². The highest BCUT2D eigenvalue weighted by atomic mass is 35.5. The number of benzene rings is 1. The first kappa shape index (κ1) is 17.2. The fourth-order valence-corrected chi connectivity index (χ4v) is 2.78. The maximum atomic E-state index is 12.1. The lowest BCUT2D eigenvalue weighted by molar-refractivity contribution is -0.139. The van der Waals surface area contributed by atoms with Gasteiger partial charge in [0, 0.05) is 11.6 Å². The van der Waals surface area contributed by atoms with Gasteiger partial charge in [0.05, 0.1) is 30.0 Å². The van der Waals surface area contributed by atoms with Gasteiger partial charge in [0.25, 0.3) is 5.56 Å². The normalized spacial score (nSPS) is 10.3. The van der Waals surface area contributed by atoms with Gasteiger partial charge in [-0.3, -0.25) is 14.4 Å². The molecule has 0 bridgehead atoms. The molecule has 23 heavy (non-hydrogen) atoms. The molecule has 0 atom stereocenters. The highest BCUT2D eigenvalue weighted by Crippen LogP contribution is 2.19. The van der Waals surface area contributed by atoms with Crippen molar-refractivity contribution in [1.82, 2.24) is 9.97 Å². The molecule has 1 N–H and O–H groups in total. The van der Waals surface area contributed by atoms with Crippen LogP contribution in [0.4, 0.5) is 0 Å². The average molecular weight is 353 g/mol. The van der Waals surface area contributed by atoms with E-state index in [0.29, 0.717) is 10.6 Å². The molecule has 0 saturated heterocycles. The number of hydrogen-bond donors (Lipinski definition) is 1. The number of carbonyl (C=O) groups excluding carboxylic acids is 2. The number of esters is 1. The molecule has 0 spiro atoms. The van der Waals surface area contributed by atoms with Crippen molar-refractivity contribution in [3.63, 3.8) is 0 Å². The first-order valence-corrected chi connectivity index (χ1v) is 7.93. The summed E-state index contributed by atoms with van der Waals surface area (Å²) in [6.45, 7) is 0. The summed E-state index contributed by atoms with van der Waals surface area (Å²) in [5.74, 6) is -0.609. The number of halogens is 1. The number of Topliss-reactive ketones (excluding diaryl/α,β-unsaturated/α-hetero) is 1. The van der Waals surface area contributed by atoms with Gasteiger partial charge in [-0.05, 0) is 12.1 Å². The molecule has 6 nitrogen and oxygen atoms in total. The van der Waals surface area contributed by atoms with Crippen molar-refractivity contribution in [2.24, 2.45) is 0 Å². The van der Waals surface area contributed by atoms with E-state index in [9.17, 15) is 14.4 Å². The van der Waals surface area contributed by atoms with Crippen LogP contribution >= 0.6 is 23.4 Å². The smallest absolute Gasteiger partial charge is 0.311 e. The molecular formula is C15H13ClN2O4S. The molecule has 2 rings (SSSR count). The minimum absolute atomic E-state index is 0.0638. The fourth-order valence-electron chi connectivity index (χ4n) is 1.76. The van der Waals surface area contributed by atoms with Crippen LogP contribution in [0.2, 0.25) is 5.02 Å². The van der Waals surface area contributed by atoms with E-state index in [-0.39, 0.29) is 28.8 Å². The molecule has 0 unspecified atom stereocenters. The molecule has 0 aliphatic heterocycles. The molecule has 0 fully saturated rings. The quantitative estimate of drug-likeness (QED) is 0.371. The number of rotatable bonds is 6. The summed E-state index contributed by atoms with van der Waals surface area (Å²) >= 11 is 7.04. The zero-order chi connectivity index (χ0) is 16.8. The number of nitrogens with zero attached hydrogens (tertiary/aromatic N) is 1. The van der Waals surface area contributed by atoms with E-state index < -0.39 is 11.5 Å². The molecular weight excluding hydrogens is 340 g/mol. The number of aromatic nitrogens is 2. The summed E-state index contributed by atoms with van der Waals surface area (Å²) < 4.78 is 4.54. The molecule has 0 radical (unpaired) electrons. The molecule has 8 heteroatoms. The van der Waals surface area contributed by atoms with E-state index in [1.807, 2.05) is 0 Å². The molecule has 0 amide bonds. The van der Waals surface area contributed by atoms with Crippen molar-refractivity contribution >= 4 is 35.1 Å². The lowest BCUT2D eigenvalue weighted by atomic mass is 10.1. The Kier molecular flexibility index (Phi) is 5.95. The molecule has 0 aliphatic carbocycles. The fraction of sp³-hybridized carbons (Fsp3) is 0.200. The predicted molar refractivity (Wildman–Crippen MR) is 87.1 cm³/mol. The molecule has 1 aromatic heterocycles. The number of methoxy groups -OCH3 is 1. The van der Waals surface area contributed by atoms with Crippen LogP contribution in [0.25, 0.3) is 0 Å². The Morgan fingerprint density at radius 2 is 2.09 bits per heavy atom. The second-order valence-corrected chi connectivity index (χ2v) is 5.86. The van der Waals surface area contributed by atoms with Crippen LogP contribution in [0.5, 0.6) is 0 Å². The summed E-state index contributed by atoms with van der Waals surface area (Å²) in [7, 11) is 1.26. The van der Waals surface area contributed by atoms with Crippen molar-refractivity contribution in [2.45, 2.75) is 11.6 Å². The Hall–Kier alpha value is -2.12. The SMILES string of the molecule is COC(=O)Cc1cc(=O)[nH]c(SCC(=O)c2ccccc2Cl)n1. The Balaban J connectivity index is 2.08. The maximum absolute atomic E-state index is 12.1. The first-order chi connectivity index (χ1) is 11.0. The Morgan fingerprint density at radius 3 is 2.78 bits per heavy atom. The van der Waals surface area contributed by atoms with Crippen LogP contribution in [-0.2, 0) is 16.0 Å². The highest BCUT2D eigenvalue weighted by molar-refractivity contribution is 7.99. The topological polar surface area (TPSA) is 89.1 Å². The number of ketones is 1. The third-order valence-corrected chi connectivity index (χ3v) is 4.04. The van der Waals surface area contributed by atoms with Gasteiger partial charge in [0.15, 0.2) is 10.9 Å². The second kappa shape index (κ2) is 7.94. The van der Waals surface area contributed by atoms with Gasteiger partial charge in [-0.15, -0.1) is 0 Å². The number of H-pyrrole nitrogens is 1. The lowest BCUT2D eigenvalue weighted by Gasteiger charge is -2.04. The summed E-state index contributed by atoms with van der Waals surface area (Å²) in [6, 6.07) is 7.95. The number of carbonyl (C=O) groups is 2. The zero-order valence-corrected chi connectivity index (χ0v) is 13.7. The molecule has 1 aromatic carbocycles. The van der Waals surface area contributed by atoms with Crippen molar-refractivity contribution in [1.29, 1.82) is 0 Å².